The van der Waals surface area contributed by atoms with Gasteiger partial charge in [0.1, 0.15) is 0 Å². The monoisotopic (exact) mass is 217 g/mol. The smallest absolute Gasteiger partial charge is 0.0409 e. The van der Waals surface area contributed by atoms with E-state index in [4.69, 9.17) is 11.6 Å². The van der Waals surface area contributed by atoms with Crippen LogP contribution in [0.5, 0.6) is 0 Å². The fraction of sp³-hybridized carbons (Fsp3) is 0.400. The van der Waals surface area contributed by atoms with Crippen molar-refractivity contribution >= 4 is 24.0 Å². The summed E-state index contributed by atoms with van der Waals surface area (Å²) in [5.41, 5.74) is 2.81. The van der Waals surface area contributed by atoms with Gasteiger partial charge in [0.15, 0.2) is 0 Å². The maximum absolute atomic E-state index is 5.90. The lowest BCUT2D eigenvalue weighted by atomic mass is 10.0. The molecular weight excluding hydrogens is 205 g/mol. The fourth-order valence-corrected chi connectivity index (χ4v) is 1.82. The normalized spacial score (nSPS) is 15.5. The average Bonchev–Trinajstić information content (AvgIpc) is 2.28. The molecular formula is C10H13Cl2N. The second kappa shape index (κ2) is 4.85. The van der Waals surface area contributed by atoms with Crippen LogP contribution in [-0.2, 0) is 13.0 Å². The second-order valence-electron chi connectivity index (χ2n) is 3.19. The molecule has 1 aliphatic heterocycles. The molecule has 0 saturated carbocycles. The van der Waals surface area contributed by atoms with Crippen LogP contribution < -0.4 is 5.32 Å². The third-order valence-electron chi connectivity index (χ3n) is 2.28. The van der Waals surface area contributed by atoms with Crippen LogP contribution in [0, 0.1) is 0 Å². The number of halogens is 2. The SMILES string of the molecule is Cl.Clc1ccc2c(c1)CNCCC2. The molecule has 1 nitrogen and oxygen atoms in total. The highest BCUT2D eigenvalue weighted by Gasteiger charge is 2.06. The summed E-state index contributed by atoms with van der Waals surface area (Å²) in [6.45, 7) is 2.09. The molecule has 0 amide bonds. The largest absolute Gasteiger partial charge is 0.313 e. The minimum Gasteiger partial charge on any atom is -0.313 e. The molecule has 1 N–H and O–H groups in total. The van der Waals surface area contributed by atoms with E-state index in [9.17, 15) is 0 Å². The summed E-state index contributed by atoms with van der Waals surface area (Å²) in [5, 5.41) is 4.22. The zero-order valence-electron chi connectivity index (χ0n) is 7.35. The highest BCUT2D eigenvalue weighted by Crippen LogP contribution is 2.18. The zero-order chi connectivity index (χ0) is 8.39. The van der Waals surface area contributed by atoms with Gasteiger partial charge >= 0.3 is 0 Å². The molecule has 0 aromatic heterocycles. The van der Waals surface area contributed by atoms with Gasteiger partial charge in [-0.3, -0.25) is 0 Å². The summed E-state index contributed by atoms with van der Waals surface area (Å²) in [6.07, 6.45) is 2.41. The number of hydrogen-bond acceptors (Lipinski definition) is 1. The topological polar surface area (TPSA) is 12.0 Å². The second-order valence-corrected chi connectivity index (χ2v) is 3.63. The van der Waals surface area contributed by atoms with Crippen molar-refractivity contribution in [3.63, 3.8) is 0 Å². The maximum atomic E-state index is 5.90. The van der Waals surface area contributed by atoms with Crippen LogP contribution in [0.25, 0.3) is 0 Å². The molecule has 1 aromatic rings. The van der Waals surface area contributed by atoms with E-state index in [1.807, 2.05) is 6.07 Å². The van der Waals surface area contributed by atoms with E-state index < -0.39 is 0 Å². The molecule has 2 rings (SSSR count). The van der Waals surface area contributed by atoms with Gasteiger partial charge in [-0.2, -0.15) is 0 Å². The summed E-state index contributed by atoms with van der Waals surface area (Å²) in [7, 11) is 0. The van der Waals surface area contributed by atoms with Crippen LogP contribution in [0.2, 0.25) is 5.02 Å². The zero-order valence-corrected chi connectivity index (χ0v) is 8.92. The first-order valence-electron chi connectivity index (χ1n) is 4.34. The Morgan fingerprint density at radius 2 is 2.08 bits per heavy atom. The van der Waals surface area contributed by atoms with Gasteiger partial charge in [-0.25, -0.2) is 0 Å². The molecule has 3 heteroatoms. The van der Waals surface area contributed by atoms with Crippen molar-refractivity contribution in [1.29, 1.82) is 0 Å². The lowest BCUT2D eigenvalue weighted by molar-refractivity contribution is 0.681. The van der Waals surface area contributed by atoms with E-state index in [1.54, 1.807) is 0 Å². The molecule has 13 heavy (non-hydrogen) atoms. The van der Waals surface area contributed by atoms with Crippen molar-refractivity contribution in [3.8, 4) is 0 Å². The summed E-state index contributed by atoms with van der Waals surface area (Å²) in [6, 6.07) is 6.19. The van der Waals surface area contributed by atoms with Crippen LogP contribution >= 0.6 is 24.0 Å². The number of benzene rings is 1. The average molecular weight is 218 g/mol. The van der Waals surface area contributed by atoms with Crippen LogP contribution in [0.1, 0.15) is 17.5 Å². The van der Waals surface area contributed by atoms with E-state index in [0.717, 1.165) is 18.1 Å². The van der Waals surface area contributed by atoms with Crippen LogP contribution in [0.3, 0.4) is 0 Å². The standard InChI is InChI=1S/C10H12ClN.ClH/c11-10-4-3-8-2-1-5-12-7-9(8)6-10;/h3-4,6,12H,1-2,5,7H2;1H. The Labute approximate surface area is 89.9 Å². The number of nitrogens with one attached hydrogen (secondary N) is 1. The highest BCUT2D eigenvalue weighted by atomic mass is 35.5. The van der Waals surface area contributed by atoms with Crippen molar-refractivity contribution < 1.29 is 0 Å². The van der Waals surface area contributed by atoms with Crippen LogP contribution in [-0.4, -0.2) is 6.54 Å². The van der Waals surface area contributed by atoms with Gasteiger partial charge in [0.2, 0.25) is 0 Å². The van der Waals surface area contributed by atoms with Crippen LogP contribution in [0.4, 0.5) is 0 Å². The molecule has 0 radical (unpaired) electrons. The van der Waals surface area contributed by atoms with Gasteiger partial charge < -0.3 is 5.32 Å². The molecule has 0 spiro atoms. The first-order valence-corrected chi connectivity index (χ1v) is 4.72. The van der Waals surface area contributed by atoms with Crippen molar-refractivity contribution in [3.05, 3.63) is 34.3 Å². The van der Waals surface area contributed by atoms with E-state index >= 15 is 0 Å². The summed E-state index contributed by atoms with van der Waals surface area (Å²) in [4.78, 5) is 0. The number of rotatable bonds is 0. The van der Waals surface area contributed by atoms with Crippen molar-refractivity contribution in [2.24, 2.45) is 0 Å². The van der Waals surface area contributed by atoms with Crippen molar-refractivity contribution in [2.45, 2.75) is 19.4 Å². The Morgan fingerprint density at radius 1 is 1.23 bits per heavy atom. The molecule has 72 valence electrons. The van der Waals surface area contributed by atoms with Crippen molar-refractivity contribution in [2.75, 3.05) is 6.54 Å². The Bertz CT molecular complexity index is 286. The van der Waals surface area contributed by atoms with Crippen LogP contribution in [0.15, 0.2) is 18.2 Å². The Morgan fingerprint density at radius 3 is 2.92 bits per heavy atom. The molecule has 0 saturated heterocycles. The maximum Gasteiger partial charge on any atom is 0.0409 e. The predicted octanol–water partition coefficient (Wildman–Crippen LogP) is 2.80. The molecule has 0 bridgehead atoms. The summed E-state index contributed by atoms with van der Waals surface area (Å²) < 4.78 is 0. The van der Waals surface area contributed by atoms with Gasteiger partial charge in [-0.05, 0) is 42.6 Å². The first kappa shape index (κ1) is 10.8. The Balaban J connectivity index is 0.000000845. The lowest BCUT2D eigenvalue weighted by Crippen LogP contribution is -2.11. The molecule has 0 aliphatic carbocycles. The van der Waals surface area contributed by atoms with E-state index in [2.05, 4.69) is 17.4 Å². The number of aryl methyl sites for hydroxylation is 1. The van der Waals surface area contributed by atoms with Crippen molar-refractivity contribution in [1.82, 2.24) is 5.32 Å². The molecule has 1 aliphatic rings. The quantitative estimate of drug-likeness (QED) is 0.706. The number of fused-ring (bicyclic) bond motifs is 1. The van der Waals surface area contributed by atoms with E-state index in [1.165, 1.54) is 24.0 Å². The third kappa shape index (κ3) is 2.60. The fourth-order valence-electron chi connectivity index (χ4n) is 1.63. The van der Waals surface area contributed by atoms with Gasteiger partial charge in [0.05, 0.1) is 0 Å². The molecule has 0 unspecified atom stereocenters. The first-order chi connectivity index (χ1) is 5.86. The molecule has 1 aromatic carbocycles. The van der Waals surface area contributed by atoms with Gasteiger partial charge in [-0.15, -0.1) is 12.4 Å². The summed E-state index contributed by atoms with van der Waals surface area (Å²) >= 11 is 5.90. The molecule has 1 heterocycles. The van der Waals surface area contributed by atoms with Gasteiger partial charge in [0.25, 0.3) is 0 Å². The Hall–Kier alpha value is -0.240. The Kier molecular flexibility index (Phi) is 4.04. The molecule has 0 fully saturated rings. The summed E-state index contributed by atoms with van der Waals surface area (Å²) in [5.74, 6) is 0. The van der Waals surface area contributed by atoms with E-state index in [0.29, 0.717) is 0 Å². The van der Waals surface area contributed by atoms with Gasteiger partial charge in [-0.1, -0.05) is 17.7 Å². The highest BCUT2D eigenvalue weighted by molar-refractivity contribution is 6.30. The predicted molar refractivity (Wildman–Crippen MR) is 58.7 cm³/mol. The number of hydrogen-bond donors (Lipinski definition) is 1. The molecule has 0 atom stereocenters. The van der Waals surface area contributed by atoms with E-state index in [-0.39, 0.29) is 12.4 Å². The minimum absolute atomic E-state index is 0. The third-order valence-corrected chi connectivity index (χ3v) is 2.52. The lowest BCUT2D eigenvalue weighted by Gasteiger charge is -2.04. The minimum atomic E-state index is 0. The van der Waals surface area contributed by atoms with Gasteiger partial charge in [0, 0.05) is 11.6 Å².